The Morgan fingerprint density at radius 2 is 1.65 bits per heavy atom. The SMILES string of the molecule is CC1=C[C@@H]2N(c3ccccc31)[C@H](C(=O)C(C)(C)C)[C@H](C(=O)c1ccncc1)[C@@]21C(=O)Nc2ccccc21. The first-order valence-corrected chi connectivity index (χ1v) is 12.6. The average Bonchev–Trinajstić information content (AvgIpc) is 3.36. The molecule has 1 spiro atoms. The number of hydrogen-bond acceptors (Lipinski definition) is 5. The van der Waals surface area contributed by atoms with Crippen LogP contribution < -0.4 is 10.2 Å². The van der Waals surface area contributed by atoms with Crippen molar-refractivity contribution in [1.29, 1.82) is 0 Å². The Labute approximate surface area is 216 Å². The highest BCUT2D eigenvalue weighted by Gasteiger charge is 2.71. The number of fused-ring (bicyclic) bond motifs is 6. The van der Waals surface area contributed by atoms with Crippen molar-refractivity contribution in [2.45, 2.75) is 45.2 Å². The summed E-state index contributed by atoms with van der Waals surface area (Å²) < 4.78 is 0. The van der Waals surface area contributed by atoms with Crippen LogP contribution in [0.5, 0.6) is 0 Å². The van der Waals surface area contributed by atoms with Crippen LogP contribution in [-0.4, -0.2) is 34.5 Å². The summed E-state index contributed by atoms with van der Waals surface area (Å²) in [6.07, 6.45) is 5.22. The molecule has 1 N–H and O–H groups in total. The first kappa shape index (κ1) is 23.3. The van der Waals surface area contributed by atoms with Crippen molar-refractivity contribution >= 4 is 34.4 Å². The maximum atomic E-state index is 14.5. The summed E-state index contributed by atoms with van der Waals surface area (Å²) in [7, 11) is 0. The zero-order chi connectivity index (χ0) is 26.1. The zero-order valence-electron chi connectivity index (χ0n) is 21.4. The average molecular weight is 492 g/mol. The standard InChI is InChI=1S/C31H29N3O3/c1-18-17-24-31(21-10-6-7-11-22(21)33-29(31)37)25(27(35)19-13-15-32-16-14-19)26(28(36)30(2,3)4)34(24)23-12-8-5-9-20(18)23/h5-17,24-26H,1-4H3,(H,33,37)/t24-,25+,26-,31-/m0/s1. The Bertz CT molecular complexity index is 1490. The highest BCUT2D eigenvalue weighted by Crippen LogP contribution is 2.59. The molecular formula is C31H29N3O3. The van der Waals surface area contributed by atoms with Crippen molar-refractivity contribution in [3.63, 3.8) is 0 Å². The van der Waals surface area contributed by atoms with Gasteiger partial charge in [-0.2, -0.15) is 0 Å². The molecule has 4 heterocycles. The largest absolute Gasteiger partial charge is 0.352 e. The molecule has 0 aliphatic carbocycles. The van der Waals surface area contributed by atoms with E-state index in [0.29, 0.717) is 11.3 Å². The molecule has 1 fully saturated rings. The molecule has 1 saturated heterocycles. The normalized spacial score (nSPS) is 25.7. The van der Waals surface area contributed by atoms with Crippen LogP contribution in [0, 0.1) is 11.3 Å². The molecule has 3 aliphatic rings. The van der Waals surface area contributed by atoms with E-state index >= 15 is 0 Å². The fourth-order valence-electron chi connectivity index (χ4n) is 6.53. The van der Waals surface area contributed by atoms with Crippen molar-refractivity contribution in [3.05, 3.63) is 95.8 Å². The van der Waals surface area contributed by atoms with Gasteiger partial charge >= 0.3 is 0 Å². The summed E-state index contributed by atoms with van der Waals surface area (Å²) in [6.45, 7) is 7.66. The fraction of sp³-hybridized carbons (Fsp3) is 0.290. The lowest BCUT2D eigenvalue weighted by Crippen LogP contribution is -2.51. The summed E-state index contributed by atoms with van der Waals surface area (Å²) >= 11 is 0. The van der Waals surface area contributed by atoms with E-state index in [1.165, 1.54) is 0 Å². The molecule has 186 valence electrons. The van der Waals surface area contributed by atoms with Crippen LogP contribution >= 0.6 is 0 Å². The van der Waals surface area contributed by atoms with E-state index in [0.717, 1.165) is 22.4 Å². The van der Waals surface area contributed by atoms with Gasteiger partial charge < -0.3 is 10.2 Å². The number of carbonyl (C=O) groups excluding carboxylic acids is 3. The van der Waals surface area contributed by atoms with E-state index in [4.69, 9.17) is 0 Å². The van der Waals surface area contributed by atoms with Gasteiger partial charge in [-0.25, -0.2) is 0 Å². The monoisotopic (exact) mass is 491 g/mol. The van der Waals surface area contributed by atoms with Crippen molar-refractivity contribution in [2.75, 3.05) is 10.2 Å². The van der Waals surface area contributed by atoms with Crippen LogP contribution in [0.25, 0.3) is 5.57 Å². The second-order valence-electron chi connectivity index (χ2n) is 11.2. The Morgan fingerprint density at radius 1 is 0.973 bits per heavy atom. The molecule has 0 radical (unpaired) electrons. The van der Waals surface area contributed by atoms with E-state index < -0.39 is 28.8 Å². The van der Waals surface area contributed by atoms with Crippen LogP contribution in [0.15, 0.2) is 79.1 Å². The quantitative estimate of drug-likeness (QED) is 0.518. The molecule has 0 saturated carbocycles. The van der Waals surface area contributed by atoms with Crippen molar-refractivity contribution < 1.29 is 14.4 Å². The number of ketones is 2. The van der Waals surface area contributed by atoms with Gasteiger partial charge in [0, 0.05) is 40.3 Å². The summed E-state index contributed by atoms with van der Waals surface area (Å²) in [6, 6.07) is 17.5. The second kappa shape index (κ2) is 7.97. The molecule has 3 aliphatic heterocycles. The first-order chi connectivity index (χ1) is 17.7. The molecule has 1 amide bonds. The Morgan fingerprint density at radius 3 is 2.38 bits per heavy atom. The first-order valence-electron chi connectivity index (χ1n) is 12.6. The number of amides is 1. The van der Waals surface area contributed by atoms with Crippen molar-refractivity contribution in [2.24, 2.45) is 11.3 Å². The maximum absolute atomic E-state index is 14.5. The van der Waals surface area contributed by atoms with E-state index in [1.807, 2.05) is 76.2 Å². The van der Waals surface area contributed by atoms with E-state index in [1.54, 1.807) is 24.5 Å². The van der Waals surface area contributed by atoms with Gasteiger partial charge in [-0.15, -0.1) is 0 Å². The second-order valence-corrected chi connectivity index (χ2v) is 11.2. The number of allylic oxidation sites excluding steroid dienone is 1. The number of nitrogens with one attached hydrogen (secondary N) is 1. The third kappa shape index (κ3) is 3.11. The lowest BCUT2D eigenvalue weighted by atomic mass is 9.63. The van der Waals surface area contributed by atoms with Crippen molar-refractivity contribution in [1.82, 2.24) is 4.98 Å². The molecule has 0 unspecified atom stereocenters. The van der Waals surface area contributed by atoms with Crippen LogP contribution in [0.1, 0.15) is 49.2 Å². The molecule has 2 aromatic carbocycles. The minimum Gasteiger partial charge on any atom is -0.352 e. The molecule has 1 aromatic heterocycles. The topological polar surface area (TPSA) is 79.4 Å². The number of anilines is 2. The van der Waals surface area contributed by atoms with E-state index in [2.05, 4.69) is 21.3 Å². The van der Waals surface area contributed by atoms with Crippen LogP contribution in [0.3, 0.4) is 0 Å². The molecule has 37 heavy (non-hydrogen) atoms. The number of pyridine rings is 1. The predicted octanol–water partition coefficient (Wildman–Crippen LogP) is 5.06. The summed E-state index contributed by atoms with van der Waals surface area (Å²) in [4.78, 5) is 49.3. The minimum absolute atomic E-state index is 0.0679. The number of para-hydroxylation sites is 2. The number of Topliss-reactive ketones (excluding diaryl/α,β-unsaturated/α-hetero) is 2. The summed E-state index contributed by atoms with van der Waals surface area (Å²) in [5, 5.41) is 3.07. The van der Waals surface area contributed by atoms with Crippen LogP contribution in [0.2, 0.25) is 0 Å². The lowest BCUT2D eigenvalue weighted by Gasteiger charge is -2.39. The Kier molecular flexibility index (Phi) is 5.03. The van der Waals surface area contributed by atoms with Gasteiger partial charge in [0.2, 0.25) is 5.91 Å². The van der Waals surface area contributed by atoms with Gasteiger partial charge in [0.05, 0.1) is 12.0 Å². The minimum atomic E-state index is -1.28. The molecular weight excluding hydrogens is 462 g/mol. The zero-order valence-corrected chi connectivity index (χ0v) is 21.4. The van der Waals surface area contributed by atoms with Gasteiger partial charge in [-0.05, 0) is 42.3 Å². The predicted molar refractivity (Wildman–Crippen MR) is 143 cm³/mol. The third-order valence-corrected chi connectivity index (χ3v) is 8.14. The maximum Gasteiger partial charge on any atom is 0.238 e. The van der Waals surface area contributed by atoms with Crippen LogP contribution in [-0.2, 0) is 15.0 Å². The molecule has 0 bridgehead atoms. The van der Waals surface area contributed by atoms with Gasteiger partial charge in [0.1, 0.15) is 11.5 Å². The molecule has 3 aromatic rings. The lowest BCUT2D eigenvalue weighted by molar-refractivity contribution is -0.128. The van der Waals surface area contributed by atoms with E-state index in [-0.39, 0.29) is 17.5 Å². The number of carbonyl (C=O) groups is 3. The van der Waals surface area contributed by atoms with Gasteiger partial charge in [0.25, 0.3) is 0 Å². The highest BCUT2D eigenvalue weighted by molar-refractivity contribution is 6.17. The van der Waals surface area contributed by atoms with Gasteiger partial charge in [0.15, 0.2) is 11.6 Å². The molecule has 6 heteroatoms. The molecule has 6 nitrogen and oxygen atoms in total. The van der Waals surface area contributed by atoms with Crippen LogP contribution in [0.4, 0.5) is 11.4 Å². The van der Waals surface area contributed by atoms with Gasteiger partial charge in [-0.3, -0.25) is 19.4 Å². The number of nitrogens with zero attached hydrogens (tertiary/aromatic N) is 2. The molecule has 4 atom stereocenters. The number of aromatic nitrogens is 1. The smallest absolute Gasteiger partial charge is 0.238 e. The Balaban J connectivity index is 1.71. The van der Waals surface area contributed by atoms with Gasteiger partial charge in [-0.1, -0.05) is 63.2 Å². The fourth-order valence-corrected chi connectivity index (χ4v) is 6.53. The summed E-state index contributed by atoms with van der Waals surface area (Å²) in [5.74, 6) is -1.48. The number of hydrogen-bond donors (Lipinski definition) is 1. The van der Waals surface area contributed by atoms with Crippen molar-refractivity contribution in [3.8, 4) is 0 Å². The third-order valence-electron chi connectivity index (χ3n) is 8.14. The highest BCUT2D eigenvalue weighted by atomic mass is 16.2. The number of benzene rings is 2. The molecule has 6 rings (SSSR count). The number of rotatable bonds is 3. The van der Waals surface area contributed by atoms with E-state index in [9.17, 15) is 14.4 Å². The summed E-state index contributed by atoms with van der Waals surface area (Å²) in [5.41, 5.74) is 2.77. The Hall–Kier alpha value is -4.06.